The van der Waals surface area contributed by atoms with E-state index in [2.05, 4.69) is 25.8 Å². The largest absolute Gasteiger partial charge is 0.465 e. The van der Waals surface area contributed by atoms with Crippen LogP contribution in [0.3, 0.4) is 0 Å². The maximum absolute atomic E-state index is 12.9. The maximum atomic E-state index is 12.9. The number of carboxylic acid groups (broad SMARTS) is 1. The number of imidazole rings is 1. The molecule has 0 saturated carbocycles. The Hall–Kier alpha value is -2.09. The van der Waals surface area contributed by atoms with Crippen LogP contribution in [0.4, 0.5) is 4.79 Å². The Balaban J connectivity index is 1.93. The van der Waals surface area contributed by atoms with Crippen LogP contribution >= 0.6 is 0 Å². The normalized spacial score (nSPS) is 18.0. The number of carbonyl (C=O) groups excluding carboxylic acids is 1. The van der Waals surface area contributed by atoms with Crippen LogP contribution in [0.2, 0.25) is 0 Å². The molecule has 2 amide bonds. The summed E-state index contributed by atoms with van der Waals surface area (Å²) in [6, 6.07) is 0. The van der Waals surface area contributed by atoms with Crippen molar-refractivity contribution < 1.29 is 19.4 Å². The second-order valence-corrected chi connectivity index (χ2v) is 7.52. The van der Waals surface area contributed by atoms with Gasteiger partial charge in [0.05, 0.1) is 37.7 Å². The molecule has 8 heteroatoms. The van der Waals surface area contributed by atoms with E-state index < -0.39 is 6.09 Å². The van der Waals surface area contributed by atoms with E-state index in [0.29, 0.717) is 44.4 Å². The van der Waals surface area contributed by atoms with Gasteiger partial charge in [-0.15, -0.1) is 0 Å². The maximum Gasteiger partial charge on any atom is 0.408 e. The third kappa shape index (κ3) is 3.24. The van der Waals surface area contributed by atoms with Crippen LogP contribution < -0.4 is 0 Å². The zero-order valence-electron chi connectivity index (χ0n) is 14.4. The molecule has 0 bridgehead atoms. The van der Waals surface area contributed by atoms with E-state index in [1.807, 2.05) is 4.57 Å². The van der Waals surface area contributed by atoms with Gasteiger partial charge >= 0.3 is 6.09 Å². The minimum Gasteiger partial charge on any atom is -0.465 e. The highest BCUT2D eigenvalue weighted by molar-refractivity contribution is 5.91. The number of fused-ring (bicyclic) bond motifs is 1. The number of ether oxygens (including phenoxy) is 1. The first kappa shape index (κ1) is 16.8. The number of amides is 2. The van der Waals surface area contributed by atoms with Gasteiger partial charge in [0.25, 0.3) is 5.91 Å². The van der Waals surface area contributed by atoms with Crippen LogP contribution in [0.1, 0.15) is 42.8 Å². The Morgan fingerprint density at radius 2 is 1.83 bits per heavy atom. The lowest BCUT2D eigenvalue weighted by Gasteiger charge is -2.28. The molecule has 24 heavy (non-hydrogen) atoms. The van der Waals surface area contributed by atoms with E-state index in [1.54, 1.807) is 4.90 Å². The summed E-state index contributed by atoms with van der Waals surface area (Å²) < 4.78 is 7.22. The lowest BCUT2D eigenvalue weighted by Crippen LogP contribution is -2.42. The van der Waals surface area contributed by atoms with E-state index in [9.17, 15) is 14.7 Å². The van der Waals surface area contributed by atoms with Gasteiger partial charge in [0, 0.05) is 19.6 Å². The molecule has 1 aromatic heterocycles. The molecule has 0 spiro atoms. The van der Waals surface area contributed by atoms with Crippen LogP contribution in [0.5, 0.6) is 0 Å². The van der Waals surface area contributed by atoms with Crippen LogP contribution in [-0.2, 0) is 24.4 Å². The number of nitrogens with zero attached hydrogens (tertiary/aromatic N) is 4. The predicted molar refractivity (Wildman–Crippen MR) is 85.7 cm³/mol. The van der Waals surface area contributed by atoms with E-state index in [-0.39, 0.29) is 24.4 Å². The molecule has 0 aliphatic carbocycles. The molecule has 0 aromatic carbocycles. The molecule has 0 unspecified atom stereocenters. The summed E-state index contributed by atoms with van der Waals surface area (Å²) in [6.07, 6.45) is -0.962. The molecule has 1 saturated heterocycles. The molecule has 1 N–H and O–H groups in total. The average molecular weight is 336 g/mol. The molecule has 8 nitrogen and oxygen atoms in total. The number of aromatic nitrogens is 2. The van der Waals surface area contributed by atoms with Gasteiger partial charge in [-0.1, -0.05) is 20.8 Å². The second-order valence-electron chi connectivity index (χ2n) is 7.52. The minimum atomic E-state index is -0.962. The fourth-order valence-electron chi connectivity index (χ4n) is 3.11. The summed E-state index contributed by atoms with van der Waals surface area (Å²) in [7, 11) is 0. The van der Waals surface area contributed by atoms with Crippen molar-refractivity contribution in [2.24, 2.45) is 5.41 Å². The van der Waals surface area contributed by atoms with Crippen molar-refractivity contribution in [1.29, 1.82) is 0 Å². The average Bonchev–Trinajstić information content (AvgIpc) is 3.06. The van der Waals surface area contributed by atoms with Gasteiger partial charge in [-0.25, -0.2) is 9.78 Å². The molecular weight excluding hydrogens is 312 g/mol. The van der Waals surface area contributed by atoms with Crippen molar-refractivity contribution in [2.75, 3.05) is 26.3 Å². The van der Waals surface area contributed by atoms with Crippen molar-refractivity contribution in [1.82, 2.24) is 19.4 Å². The summed E-state index contributed by atoms with van der Waals surface area (Å²) in [6.45, 7) is 9.62. The Morgan fingerprint density at radius 3 is 2.42 bits per heavy atom. The Morgan fingerprint density at radius 1 is 1.17 bits per heavy atom. The van der Waals surface area contributed by atoms with Gasteiger partial charge in [-0.3, -0.25) is 9.69 Å². The van der Waals surface area contributed by atoms with Gasteiger partial charge in [0.1, 0.15) is 0 Å². The fraction of sp³-hybridized carbons (Fsp3) is 0.688. The molecule has 3 rings (SSSR count). The topological polar surface area (TPSA) is 87.9 Å². The molecule has 0 atom stereocenters. The van der Waals surface area contributed by atoms with E-state index >= 15 is 0 Å². The van der Waals surface area contributed by atoms with E-state index in [1.165, 1.54) is 4.90 Å². The first-order valence-electron chi connectivity index (χ1n) is 8.19. The number of hydrogen-bond donors (Lipinski definition) is 1. The SMILES string of the molecule is CC(C)(C)Cn1c(C(=O)N2CCOCC2)nc2c1CN(C(=O)O)C2. The third-order valence-corrected chi connectivity index (χ3v) is 4.23. The number of rotatable bonds is 2. The Kier molecular flexibility index (Phi) is 4.25. The molecule has 0 radical (unpaired) electrons. The number of morpholine rings is 1. The molecule has 1 fully saturated rings. The molecule has 3 heterocycles. The standard InChI is InChI=1S/C16H24N4O4/c1-16(2,3)10-20-12-9-19(15(22)23)8-11(12)17-13(20)14(21)18-4-6-24-7-5-18/h4-10H2,1-3H3,(H,22,23). The first-order valence-corrected chi connectivity index (χ1v) is 8.19. The molecule has 1 aromatic rings. The van der Waals surface area contributed by atoms with E-state index in [0.717, 1.165) is 5.69 Å². The fourth-order valence-corrected chi connectivity index (χ4v) is 3.11. The molecule has 2 aliphatic rings. The van der Waals surface area contributed by atoms with Crippen LogP contribution in [0, 0.1) is 5.41 Å². The smallest absolute Gasteiger partial charge is 0.408 e. The number of carbonyl (C=O) groups is 2. The van der Waals surface area contributed by atoms with Crippen LogP contribution in [0.15, 0.2) is 0 Å². The summed E-state index contributed by atoms with van der Waals surface area (Å²) >= 11 is 0. The van der Waals surface area contributed by atoms with Crippen LogP contribution in [0.25, 0.3) is 0 Å². The molecule has 2 aliphatic heterocycles. The highest BCUT2D eigenvalue weighted by Crippen LogP contribution is 2.28. The predicted octanol–water partition coefficient (Wildman–Crippen LogP) is 1.40. The van der Waals surface area contributed by atoms with Crippen molar-refractivity contribution in [3.63, 3.8) is 0 Å². The lowest BCUT2D eigenvalue weighted by atomic mass is 9.96. The van der Waals surface area contributed by atoms with Crippen LogP contribution in [-0.4, -0.2) is 62.8 Å². The van der Waals surface area contributed by atoms with Gasteiger partial charge in [0.2, 0.25) is 0 Å². The van der Waals surface area contributed by atoms with Crippen molar-refractivity contribution in [3.05, 3.63) is 17.2 Å². The van der Waals surface area contributed by atoms with Gasteiger partial charge < -0.3 is 19.3 Å². The van der Waals surface area contributed by atoms with Crippen molar-refractivity contribution in [3.8, 4) is 0 Å². The summed E-state index contributed by atoms with van der Waals surface area (Å²) in [5, 5.41) is 9.21. The van der Waals surface area contributed by atoms with Crippen molar-refractivity contribution >= 4 is 12.0 Å². The zero-order chi connectivity index (χ0) is 17.5. The summed E-state index contributed by atoms with van der Waals surface area (Å²) in [5.41, 5.74) is 1.48. The first-order chi connectivity index (χ1) is 11.3. The Labute approximate surface area is 141 Å². The summed E-state index contributed by atoms with van der Waals surface area (Å²) in [4.78, 5) is 31.7. The highest BCUT2D eigenvalue weighted by Gasteiger charge is 2.34. The van der Waals surface area contributed by atoms with Gasteiger partial charge in [-0.2, -0.15) is 0 Å². The monoisotopic (exact) mass is 336 g/mol. The third-order valence-electron chi connectivity index (χ3n) is 4.23. The second kappa shape index (κ2) is 6.08. The van der Waals surface area contributed by atoms with Crippen molar-refractivity contribution in [2.45, 2.75) is 40.4 Å². The number of hydrogen-bond acceptors (Lipinski definition) is 4. The van der Waals surface area contributed by atoms with E-state index in [4.69, 9.17) is 4.74 Å². The quantitative estimate of drug-likeness (QED) is 0.882. The molecule has 132 valence electrons. The molecular formula is C16H24N4O4. The lowest BCUT2D eigenvalue weighted by molar-refractivity contribution is 0.0289. The Bertz CT molecular complexity index is 656. The minimum absolute atomic E-state index is 0.0504. The highest BCUT2D eigenvalue weighted by atomic mass is 16.5. The summed E-state index contributed by atoms with van der Waals surface area (Å²) in [5.74, 6) is 0.320. The van der Waals surface area contributed by atoms with Gasteiger partial charge in [-0.05, 0) is 5.41 Å². The zero-order valence-corrected chi connectivity index (χ0v) is 14.4. The van der Waals surface area contributed by atoms with Gasteiger partial charge in [0.15, 0.2) is 5.82 Å².